The van der Waals surface area contributed by atoms with Gasteiger partial charge in [0.15, 0.2) is 0 Å². The van der Waals surface area contributed by atoms with E-state index in [1.165, 1.54) is 0 Å². The molecule has 3 atom stereocenters. The third-order valence-electron chi connectivity index (χ3n) is 3.99. The minimum Gasteiger partial charge on any atom is -0.466 e. The van der Waals surface area contributed by atoms with Crippen molar-refractivity contribution in [2.24, 2.45) is 5.92 Å². The van der Waals surface area contributed by atoms with Crippen LogP contribution in [0.5, 0.6) is 0 Å². The predicted molar refractivity (Wildman–Crippen MR) is 105 cm³/mol. The van der Waals surface area contributed by atoms with Crippen molar-refractivity contribution in [2.45, 2.75) is 81.8 Å². The second-order valence-electron chi connectivity index (χ2n) is 6.09. The Morgan fingerprint density at radius 1 is 0.833 bits per heavy atom. The molecule has 0 aromatic rings. The predicted octanol–water partition coefficient (Wildman–Crippen LogP) is 5.40. The molecule has 0 heterocycles. The lowest BCUT2D eigenvalue weighted by Crippen LogP contribution is -2.16. The summed E-state index contributed by atoms with van der Waals surface area (Å²) in [5, 5.41) is 0. The van der Waals surface area contributed by atoms with Gasteiger partial charge in [-0.1, -0.05) is 59.1 Å². The first kappa shape index (κ1) is 23.9. The number of unbranched alkanes of at least 4 members (excludes halogenated alkanes) is 1. The Balaban J connectivity index is 3.75. The molecule has 0 N–H and O–H groups in total. The number of hydrogen-bond acceptors (Lipinski definition) is 4. The zero-order valence-corrected chi connectivity index (χ0v) is 18.4. The number of alkyl halides is 2. The topological polar surface area (TPSA) is 52.6 Å². The number of ether oxygens (including phenoxy) is 2. The summed E-state index contributed by atoms with van der Waals surface area (Å²) in [6.07, 6.45) is 6.49. The van der Waals surface area contributed by atoms with Gasteiger partial charge in [-0.15, -0.1) is 0 Å². The lowest BCUT2D eigenvalue weighted by Gasteiger charge is -2.16. The van der Waals surface area contributed by atoms with Crippen molar-refractivity contribution >= 4 is 43.8 Å². The molecule has 0 aliphatic rings. The molecule has 0 saturated heterocycles. The Morgan fingerprint density at radius 2 is 1.38 bits per heavy atom. The van der Waals surface area contributed by atoms with Gasteiger partial charge in [0.05, 0.1) is 26.1 Å². The summed E-state index contributed by atoms with van der Waals surface area (Å²) in [5.74, 6) is 0.110. The molecule has 4 nitrogen and oxygen atoms in total. The van der Waals surface area contributed by atoms with Gasteiger partial charge in [0.1, 0.15) is 0 Å². The van der Waals surface area contributed by atoms with Crippen LogP contribution in [0.1, 0.15) is 72.1 Å². The van der Waals surface area contributed by atoms with E-state index in [1.54, 1.807) is 0 Å². The molecular weight excluding hydrogens is 440 g/mol. The number of halogens is 2. The number of carbonyl (C=O) groups is 2. The van der Waals surface area contributed by atoms with E-state index in [0.29, 0.717) is 32.0 Å². The molecule has 0 amide bonds. The van der Waals surface area contributed by atoms with Crippen LogP contribution < -0.4 is 0 Å². The van der Waals surface area contributed by atoms with Gasteiger partial charge in [0.2, 0.25) is 0 Å². The highest BCUT2D eigenvalue weighted by atomic mass is 79.9. The van der Waals surface area contributed by atoms with E-state index in [0.717, 1.165) is 38.5 Å². The summed E-state index contributed by atoms with van der Waals surface area (Å²) in [6.45, 7) is 7.14. The highest BCUT2D eigenvalue weighted by Crippen LogP contribution is 2.16. The minimum atomic E-state index is -0.139. The van der Waals surface area contributed by atoms with Crippen LogP contribution in [0.15, 0.2) is 0 Å². The molecule has 0 aromatic carbocycles. The number of esters is 2. The van der Waals surface area contributed by atoms with E-state index >= 15 is 0 Å². The van der Waals surface area contributed by atoms with Crippen LogP contribution in [0.4, 0.5) is 0 Å². The first-order valence-corrected chi connectivity index (χ1v) is 10.8. The van der Waals surface area contributed by atoms with Gasteiger partial charge in [0.25, 0.3) is 0 Å². The molecule has 142 valence electrons. The van der Waals surface area contributed by atoms with Gasteiger partial charge < -0.3 is 9.47 Å². The Kier molecular flexibility index (Phi) is 15.1. The molecule has 0 saturated carbocycles. The molecule has 0 radical (unpaired) electrons. The first-order chi connectivity index (χ1) is 11.4. The Labute approximate surface area is 163 Å². The Morgan fingerprint density at radius 3 is 1.88 bits per heavy atom. The van der Waals surface area contributed by atoms with Crippen LogP contribution in [-0.2, 0) is 19.1 Å². The molecule has 0 aliphatic heterocycles. The molecule has 24 heavy (non-hydrogen) atoms. The molecule has 0 fully saturated rings. The van der Waals surface area contributed by atoms with Crippen molar-refractivity contribution < 1.29 is 19.1 Å². The van der Waals surface area contributed by atoms with Gasteiger partial charge in [-0.3, -0.25) is 9.59 Å². The number of carbonyl (C=O) groups excluding carboxylic acids is 2. The van der Waals surface area contributed by atoms with Crippen molar-refractivity contribution in [3.8, 4) is 0 Å². The quantitative estimate of drug-likeness (QED) is 0.193. The highest BCUT2D eigenvalue weighted by molar-refractivity contribution is 9.09. The Hall–Kier alpha value is -0.100. The SMILES string of the molecule is CCC(Br)CC(=O)OCCCCC(CC)COC(=O)CC(Br)CC. The van der Waals surface area contributed by atoms with Crippen LogP contribution >= 0.6 is 31.9 Å². The highest BCUT2D eigenvalue weighted by Gasteiger charge is 2.14. The molecule has 0 spiro atoms. The van der Waals surface area contributed by atoms with E-state index in [-0.39, 0.29) is 21.6 Å². The van der Waals surface area contributed by atoms with Crippen molar-refractivity contribution in [2.75, 3.05) is 13.2 Å². The lowest BCUT2D eigenvalue weighted by atomic mass is 10.0. The fourth-order valence-electron chi connectivity index (χ4n) is 2.11. The van der Waals surface area contributed by atoms with E-state index in [9.17, 15) is 9.59 Å². The van der Waals surface area contributed by atoms with Crippen LogP contribution in [0, 0.1) is 5.92 Å². The second-order valence-corrected chi connectivity index (χ2v) is 8.68. The molecule has 6 heteroatoms. The van der Waals surface area contributed by atoms with E-state index in [4.69, 9.17) is 9.47 Å². The Bertz CT molecular complexity index is 350. The van der Waals surface area contributed by atoms with Gasteiger partial charge in [0, 0.05) is 9.65 Å². The van der Waals surface area contributed by atoms with Gasteiger partial charge >= 0.3 is 11.9 Å². The zero-order valence-electron chi connectivity index (χ0n) is 15.2. The average molecular weight is 472 g/mol. The van der Waals surface area contributed by atoms with Crippen LogP contribution in [-0.4, -0.2) is 34.8 Å². The zero-order chi connectivity index (χ0) is 18.4. The van der Waals surface area contributed by atoms with Gasteiger partial charge in [-0.2, -0.15) is 0 Å². The molecule has 0 aliphatic carbocycles. The first-order valence-electron chi connectivity index (χ1n) is 9.02. The normalized spacial score (nSPS) is 14.7. The largest absolute Gasteiger partial charge is 0.466 e. The average Bonchev–Trinajstić information content (AvgIpc) is 2.56. The molecule has 0 bridgehead atoms. The summed E-state index contributed by atoms with van der Waals surface area (Å²) < 4.78 is 10.6. The summed E-state index contributed by atoms with van der Waals surface area (Å²) in [7, 11) is 0. The summed E-state index contributed by atoms with van der Waals surface area (Å²) in [5.41, 5.74) is 0. The maximum absolute atomic E-state index is 11.7. The third-order valence-corrected chi connectivity index (χ3v) is 5.93. The lowest BCUT2D eigenvalue weighted by molar-refractivity contribution is -0.145. The monoisotopic (exact) mass is 470 g/mol. The summed E-state index contributed by atoms with van der Waals surface area (Å²) in [6, 6.07) is 0. The van der Waals surface area contributed by atoms with Crippen LogP contribution in [0.2, 0.25) is 0 Å². The molecule has 3 unspecified atom stereocenters. The molecule has 0 rings (SSSR count). The smallest absolute Gasteiger partial charge is 0.306 e. The van der Waals surface area contributed by atoms with Gasteiger partial charge in [-0.05, 0) is 38.0 Å². The van der Waals surface area contributed by atoms with Crippen molar-refractivity contribution in [1.82, 2.24) is 0 Å². The number of rotatable bonds is 14. The van der Waals surface area contributed by atoms with Crippen molar-refractivity contribution in [3.05, 3.63) is 0 Å². The van der Waals surface area contributed by atoms with E-state index < -0.39 is 0 Å². The maximum atomic E-state index is 11.7. The molecule has 0 aromatic heterocycles. The standard InChI is InChI=1S/C18H32Br2O4/c1-4-14(13-24-18(22)12-16(20)6-3)9-7-8-10-23-17(21)11-15(19)5-2/h14-16H,4-13H2,1-3H3. The number of hydrogen-bond donors (Lipinski definition) is 0. The summed E-state index contributed by atoms with van der Waals surface area (Å²) >= 11 is 6.88. The van der Waals surface area contributed by atoms with Crippen molar-refractivity contribution in [1.29, 1.82) is 0 Å². The minimum absolute atomic E-state index is 0.133. The van der Waals surface area contributed by atoms with Crippen LogP contribution in [0.3, 0.4) is 0 Å². The third kappa shape index (κ3) is 13.2. The fraction of sp³-hybridized carbons (Fsp3) is 0.889. The van der Waals surface area contributed by atoms with Gasteiger partial charge in [-0.25, -0.2) is 0 Å². The second kappa shape index (κ2) is 15.2. The summed E-state index contributed by atoms with van der Waals surface area (Å²) in [4.78, 5) is 23.6. The molecular formula is C18H32Br2O4. The van der Waals surface area contributed by atoms with Crippen LogP contribution in [0.25, 0.3) is 0 Å². The maximum Gasteiger partial charge on any atom is 0.306 e. The fourth-order valence-corrected chi connectivity index (χ4v) is 2.63. The van der Waals surface area contributed by atoms with Crippen molar-refractivity contribution in [3.63, 3.8) is 0 Å². The van der Waals surface area contributed by atoms with E-state index in [2.05, 4.69) is 38.8 Å². The van der Waals surface area contributed by atoms with E-state index in [1.807, 2.05) is 13.8 Å².